The predicted molar refractivity (Wildman–Crippen MR) is 224 cm³/mol. The normalized spacial score (nSPS) is 32.6. The van der Waals surface area contributed by atoms with Crippen molar-refractivity contribution in [3.63, 3.8) is 0 Å². The molecule has 0 radical (unpaired) electrons. The third-order valence-electron chi connectivity index (χ3n) is 15.5. The zero-order valence-electron chi connectivity index (χ0n) is 35.7. The van der Waals surface area contributed by atoms with E-state index in [1.165, 1.54) is 96.3 Å². The molecule has 0 spiro atoms. The molecule has 0 bridgehead atoms. The van der Waals surface area contributed by atoms with E-state index in [0.29, 0.717) is 61.4 Å². The Morgan fingerprint density at radius 1 is 0.741 bits per heavy atom. The standard InChI is InChI=1S/C47H85N3O4/c1-6-7-8-9-10-11-12-13-14-15-16-17-18-19-20-21-43(53)48-30-32-50(5)33-31-49-44(54)25-22-36(2)39-23-24-40-45-41(27-29-47(39,40)4)46(3)28-26-38(51)34-37(46)35-42(45)52/h13-14,36-42,45,51-52H,6-12,15-35H2,1-5H3,(H,48,53)(H,49,54)/b14-13-/t36-,37+,38-,39?,40+,41+,42-,45+,46+,47-/m1/s1. The van der Waals surface area contributed by atoms with Crippen LogP contribution in [-0.2, 0) is 9.59 Å². The molecular weight excluding hydrogens is 671 g/mol. The number of hydrogen-bond donors (Lipinski definition) is 4. The SMILES string of the molecule is CCCCCCCC/C=C\CCCCCCCC(=O)NCCN(C)CCNC(=O)CC[C@@H](C)C1CC[C@H]2[C@@H]3[C@H](O)C[C@@H]4C[C@H](O)CC[C@]4(C)[C@H]3CC[C@]12C. The van der Waals surface area contributed by atoms with Crippen LogP contribution in [0.1, 0.15) is 182 Å². The Balaban J connectivity index is 1.00. The molecule has 54 heavy (non-hydrogen) atoms. The molecule has 7 heteroatoms. The van der Waals surface area contributed by atoms with E-state index in [2.05, 4.69) is 62.4 Å². The van der Waals surface area contributed by atoms with Gasteiger partial charge in [-0.15, -0.1) is 0 Å². The maximum absolute atomic E-state index is 12.9. The van der Waals surface area contributed by atoms with Crippen LogP contribution in [0.5, 0.6) is 0 Å². The average molecular weight is 756 g/mol. The lowest BCUT2D eigenvalue weighted by atomic mass is 9.43. The van der Waals surface area contributed by atoms with Crippen molar-refractivity contribution in [1.82, 2.24) is 15.5 Å². The maximum atomic E-state index is 12.9. The lowest BCUT2D eigenvalue weighted by molar-refractivity contribution is -0.174. The van der Waals surface area contributed by atoms with Crippen molar-refractivity contribution >= 4 is 11.8 Å². The van der Waals surface area contributed by atoms with Crippen LogP contribution in [0.25, 0.3) is 0 Å². The second-order valence-electron chi connectivity index (χ2n) is 19.3. The second kappa shape index (κ2) is 23.1. The Morgan fingerprint density at radius 3 is 1.98 bits per heavy atom. The monoisotopic (exact) mass is 756 g/mol. The molecule has 4 N–H and O–H groups in total. The topological polar surface area (TPSA) is 102 Å². The number of likely N-dealkylation sites (N-methyl/N-ethyl adjacent to an activating group) is 1. The molecule has 4 aliphatic rings. The number of allylic oxidation sites excluding steroid dienone is 2. The molecule has 4 fully saturated rings. The number of aliphatic hydroxyl groups is 2. The van der Waals surface area contributed by atoms with Gasteiger partial charge in [-0.3, -0.25) is 9.59 Å². The number of aliphatic hydroxyl groups excluding tert-OH is 2. The highest BCUT2D eigenvalue weighted by Gasteiger charge is 2.62. The van der Waals surface area contributed by atoms with Crippen LogP contribution >= 0.6 is 0 Å². The molecule has 0 aromatic heterocycles. The van der Waals surface area contributed by atoms with E-state index < -0.39 is 0 Å². The summed E-state index contributed by atoms with van der Waals surface area (Å²) in [7, 11) is 2.05. The molecule has 1 unspecified atom stereocenters. The number of fused-ring (bicyclic) bond motifs is 5. The van der Waals surface area contributed by atoms with Gasteiger partial charge in [0.2, 0.25) is 11.8 Å². The van der Waals surface area contributed by atoms with Gasteiger partial charge >= 0.3 is 0 Å². The van der Waals surface area contributed by atoms with E-state index >= 15 is 0 Å². The van der Waals surface area contributed by atoms with E-state index in [0.717, 1.165) is 58.0 Å². The minimum Gasteiger partial charge on any atom is -0.393 e. The van der Waals surface area contributed by atoms with Gasteiger partial charge in [-0.1, -0.05) is 91.2 Å². The van der Waals surface area contributed by atoms with Crippen LogP contribution in [0.15, 0.2) is 12.2 Å². The smallest absolute Gasteiger partial charge is 0.220 e. The summed E-state index contributed by atoms with van der Waals surface area (Å²) in [6.07, 6.45) is 31.5. The van der Waals surface area contributed by atoms with Crippen LogP contribution < -0.4 is 10.6 Å². The zero-order valence-corrected chi connectivity index (χ0v) is 35.7. The molecule has 7 nitrogen and oxygen atoms in total. The van der Waals surface area contributed by atoms with Crippen molar-refractivity contribution in [2.45, 2.75) is 194 Å². The third kappa shape index (κ3) is 13.0. The number of nitrogens with one attached hydrogen (secondary N) is 2. The molecule has 4 aliphatic carbocycles. The van der Waals surface area contributed by atoms with Crippen molar-refractivity contribution in [2.24, 2.45) is 46.3 Å². The van der Waals surface area contributed by atoms with Crippen molar-refractivity contribution < 1.29 is 19.8 Å². The Kier molecular flexibility index (Phi) is 19.4. The summed E-state index contributed by atoms with van der Waals surface area (Å²) in [5, 5.41) is 28.2. The first-order valence-electron chi connectivity index (χ1n) is 23.2. The highest BCUT2D eigenvalue weighted by molar-refractivity contribution is 5.76. The highest BCUT2D eigenvalue weighted by Crippen LogP contribution is 2.68. The molecule has 0 aliphatic heterocycles. The van der Waals surface area contributed by atoms with Crippen LogP contribution in [0, 0.1) is 46.3 Å². The lowest BCUT2D eigenvalue weighted by Crippen LogP contribution is -2.58. The molecule has 4 saturated carbocycles. The molecule has 312 valence electrons. The maximum Gasteiger partial charge on any atom is 0.220 e. The van der Waals surface area contributed by atoms with Crippen LogP contribution in [-0.4, -0.2) is 72.4 Å². The number of hydrogen-bond acceptors (Lipinski definition) is 5. The zero-order chi connectivity index (χ0) is 39.0. The van der Waals surface area contributed by atoms with Gasteiger partial charge in [0.05, 0.1) is 12.2 Å². The Labute approximate surface area is 332 Å². The summed E-state index contributed by atoms with van der Waals surface area (Å²) in [5.41, 5.74) is 0.509. The van der Waals surface area contributed by atoms with E-state index in [9.17, 15) is 19.8 Å². The highest BCUT2D eigenvalue weighted by atomic mass is 16.3. The van der Waals surface area contributed by atoms with E-state index in [-0.39, 0.29) is 34.9 Å². The minimum atomic E-state index is -0.237. The lowest BCUT2D eigenvalue weighted by Gasteiger charge is -2.62. The fraction of sp³-hybridized carbons (Fsp3) is 0.915. The molecule has 0 aromatic carbocycles. The molecule has 0 saturated heterocycles. The summed E-state index contributed by atoms with van der Waals surface area (Å²) in [6, 6.07) is 0. The fourth-order valence-electron chi connectivity index (χ4n) is 12.2. The van der Waals surface area contributed by atoms with Crippen LogP contribution in [0.3, 0.4) is 0 Å². The first-order chi connectivity index (χ1) is 26.0. The van der Waals surface area contributed by atoms with Crippen LogP contribution in [0.2, 0.25) is 0 Å². The van der Waals surface area contributed by atoms with Crippen molar-refractivity contribution in [3.05, 3.63) is 12.2 Å². The predicted octanol–water partition coefficient (Wildman–Crippen LogP) is 9.60. The Bertz CT molecular complexity index is 1130. The van der Waals surface area contributed by atoms with Gasteiger partial charge in [0, 0.05) is 39.0 Å². The number of rotatable bonds is 25. The second-order valence-corrected chi connectivity index (χ2v) is 19.3. The van der Waals surface area contributed by atoms with E-state index in [1.807, 2.05) is 0 Å². The van der Waals surface area contributed by atoms with Gasteiger partial charge in [-0.05, 0) is 143 Å². The summed E-state index contributed by atoms with van der Waals surface area (Å²) >= 11 is 0. The molecule has 4 rings (SSSR count). The first-order valence-corrected chi connectivity index (χ1v) is 23.2. The number of unbranched alkanes of at least 4 members (excludes halogenated alkanes) is 11. The van der Waals surface area contributed by atoms with Crippen molar-refractivity contribution in [1.29, 1.82) is 0 Å². The van der Waals surface area contributed by atoms with Gasteiger partial charge < -0.3 is 25.7 Å². The van der Waals surface area contributed by atoms with Crippen LogP contribution in [0.4, 0.5) is 0 Å². The van der Waals surface area contributed by atoms with E-state index in [4.69, 9.17) is 0 Å². The Hall–Kier alpha value is -1.44. The molecular formula is C47H85N3O4. The van der Waals surface area contributed by atoms with Gasteiger partial charge in [0.1, 0.15) is 0 Å². The third-order valence-corrected chi connectivity index (χ3v) is 15.5. The number of carbonyl (C=O) groups excluding carboxylic acids is 2. The molecule has 0 aromatic rings. The molecule has 10 atom stereocenters. The molecule has 0 heterocycles. The van der Waals surface area contributed by atoms with E-state index in [1.54, 1.807) is 0 Å². The van der Waals surface area contributed by atoms with Crippen molar-refractivity contribution in [2.75, 3.05) is 33.2 Å². The van der Waals surface area contributed by atoms with Crippen molar-refractivity contribution in [3.8, 4) is 0 Å². The van der Waals surface area contributed by atoms with Gasteiger partial charge in [0.15, 0.2) is 0 Å². The Morgan fingerprint density at radius 2 is 1.31 bits per heavy atom. The fourth-order valence-corrected chi connectivity index (χ4v) is 12.2. The largest absolute Gasteiger partial charge is 0.393 e. The number of nitrogens with zero attached hydrogens (tertiary/aromatic N) is 1. The minimum absolute atomic E-state index is 0.146. The quantitative estimate of drug-likeness (QED) is 0.0550. The average Bonchev–Trinajstić information content (AvgIpc) is 3.50. The summed E-state index contributed by atoms with van der Waals surface area (Å²) in [6.45, 7) is 12.5. The number of carbonyl (C=O) groups is 2. The van der Waals surface area contributed by atoms with Gasteiger partial charge in [0.25, 0.3) is 0 Å². The first kappa shape index (κ1) is 45.3. The summed E-state index contributed by atoms with van der Waals surface area (Å²) in [5.74, 6) is 3.40. The molecule has 2 amide bonds. The number of amides is 2. The summed E-state index contributed by atoms with van der Waals surface area (Å²) < 4.78 is 0. The summed E-state index contributed by atoms with van der Waals surface area (Å²) in [4.78, 5) is 27.4. The van der Waals surface area contributed by atoms with Gasteiger partial charge in [-0.25, -0.2) is 0 Å². The van der Waals surface area contributed by atoms with Gasteiger partial charge in [-0.2, -0.15) is 0 Å².